The summed E-state index contributed by atoms with van der Waals surface area (Å²) in [6, 6.07) is 7.87. The highest BCUT2D eigenvalue weighted by molar-refractivity contribution is 5.94. The maximum absolute atomic E-state index is 12.2. The Morgan fingerprint density at radius 2 is 2.00 bits per heavy atom. The van der Waals surface area contributed by atoms with Crippen LogP contribution in [0.3, 0.4) is 0 Å². The quantitative estimate of drug-likeness (QED) is 0.427. The lowest BCUT2D eigenvalue weighted by Crippen LogP contribution is -2.35. The zero-order valence-corrected chi connectivity index (χ0v) is 18.0. The van der Waals surface area contributed by atoms with E-state index >= 15 is 0 Å². The maximum atomic E-state index is 12.2. The Bertz CT molecular complexity index is 912. The number of aliphatic imine (C=N–C) groups is 1. The van der Waals surface area contributed by atoms with E-state index < -0.39 is 5.60 Å². The summed E-state index contributed by atoms with van der Waals surface area (Å²) in [6.45, 7) is 10.8. The highest BCUT2D eigenvalue weighted by Crippen LogP contribution is 2.22. The minimum Gasteiger partial charge on any atom is -0.444 e. The number of hydrogen-bond acceptors (Lipinski definition) is 6. The second kappa shape index (κ2) is 9.11. The molecule has 8 nitrogen and oxygen atoms in total. The van der Waals surface area contributed by atoms with Crippen LogP contribution < -0.4 is 0 Å². The summed E-state index contributed by atoms with van der Waals surface area (Å²) in [4.78, 5) is 23.9. The molecule has 0 spiro atoms. The number of ether oxygens (including phenoxy) is 1. The van der Waals surface area contributed by atoms with Gasteiger partial charge in [-0.25, -0.2) is 9.79 Å². The number of oxime groups is 1. The third-order valence-corrected chi connectivity index (χ3v) is 4.75. The van der Waals surface area contributed by atoms with Crippen LogP contribution >= 0.6 is 0 Å². The molecule has 1 aromatic heterocycles. The van der Waals surface area contributed by atoms with Crippen molar-refractivity contribution in [2.24, 2.45) is 23.1 Å². The van der Waals surface area contributed by atoms with E-state index in [9.17, 15) is 4.79 Å². The third kappa shape index (κ3) is 5.68. The number of carbonyl (C=O) groups excluding carboxylic acids is 1. The minimum absolute atomic E-state index is 0.246. The summed E-state index contributed by atoms with van der Waals surface area (Å²) >= 11 is 0. The lowest BCUT2D eigenvalue weighted by Gasteiger charge is -2.24. The van der Waals surface area contributed by atoms with Gasteiger partial charge in [0, 0.05) is 50.7 Å². The average molecular weight is 412 g/mol. The molecule has 0 bridgehead atoms. The predicted molar refractivity (Wildman–Crippen MR) is 117 cm³/mol. The van der Waals surface area contributed by atoms with Gasteiger partial charge in [0.25, 0.3) is 5.90 Å². The van der Waals surface area contributed by atoms with Gasteiger partial charge in [0.2, 0.25) is 0 Å². The van der Waals surface area contributed by atoms with Crippen LogP contribution in [0.1, 0.15) is 32.8 Å². The van der Waals surface area contributed by atoms with Crippen LogP contribution in [0.15, 0.2) is 46.8 Å². The van der Waals surface area contributed by atoms with Gasteiger partial charge in [-0.3, -0.25) is 4.68 Å². The molecule has 2 heterocycles. The fourth-order valence-electron chi connectivity index (χ4n) is 3.30. The van der Waals surface area contributed by atoms with Crippen LogP contribution in [-0.4, -0.2) is 58.6 Å². The van der Waals surface area contributed by atoms with Crippen LogP contribution in [0.25, 0.3) is 11.1 Å². The molecule has 3 rings (SSSR count). The smallest absolute Gasteiger partial charge is 0.410 e. The van der Waals surface area contributed by atoms with Crippen molar-refractivity contribution in [3.63, 3.8) is 0 Å². The Balaban J connectivity index is 1.64. The molecule has 0 saturated carbocycles. The fraction of sp³-hybridized carbons (Fsp3) is 0.455. The lowest BCUT2D eigenvalue weighted by atomic mass is 10.1. The minimum atomic E-state index is -0.494. The van der Waals surface area contributed by atoms with Crippen molar-refractivity contribution < 1.29 is 14.4 Å². The number of carbonyl (C=O) groups is 1. The average Bonchev–Trinajstić information content (AvgIpc) is 3.33. The molecule has 0 radical (unpaired) electrons. The first-order chi connectivity index (χ1) is 14.2. The molecular weight excluding hydrogens is 382 g/mol. The van der Waals surface area contributed by atoms with E-state index in [0.29, 0.717) is 25.5 Å². The van der Waals surface area contributed by atoms with Crippen molar-refractivity contribution in [2.45, 2.75) is 32.8 Å². The first-order valence-electron chi connectivity index (χ1n) is 10.00. The van der Waals surface area contributed by atoms with Crippen molar-refractivity contribution >= 4 is 18.7 Å². The van der Waals surface area contributed by atoms with Crippen molar-refractivity contribution in [1.82, 2.24) is 14.7 Å². The maximum Gasteiger partial charge on any atom is 0.410 e. The molecule has 1 aromatic carbocycles. The molecule has 1 amide bonds. The van der Waals surface area contributed by atoms with Crippen LogP contribution in [0, 0.1) is 5.92 Å². The zero-order chi connectivity index (χ0) is 21.7. The Labute approximate surface area is 177 Å². The molecule has 160 valence electrons. The van der Waals surface area contributed by atoms with E-state index in [1.165, 1.54) is 0 Å². The highest BCUT2D eigenvalue weighted by atomic mass is 16.6. The van der Waals surface area contributed by atoms with Gasteiger partial charge in [-0.05, 0) is 50.8 Å². The SMILES string of the molecule is C=NOC(=NCC1CCN(C(=O)OC(C)(C)C)C1)c1ccc(-c2cnn(C)c2)cc1. The van der Waals surface area contributed by atoms with Gasteiger partial charge in [0.05, 0.1) is 6.20 Å². The van der Waals surface area contributed by atoms with Gasteiger partial charge in [-0.15, -0.1) is 0 Å². The molecule has 8 heteroatoms. The summed E-state index contributed by atoms with van der Waals surface area (Å²) in [5, 5.41) is 7.75. The van der Waals surface area contributed by atoms with E-state index in [-0.39, 0.29) is 12.0 Å². The molecule has 1 atom stereocenters. The van der Waals surface area contributed by atoms with Gasteiger partial charge >= 0.3 is 6.09 Å². The van der Waals surface area contributed by atoms with Crippen LogP contribution in [0.2, 0.25) is 0 Å². The summed E-state index contributed by atoms with van der Waals surface area (Å²) in [6.07, 6.45) is 4.38. The summed E-state index contributed by atoms with van der Waals surface area (Å²) in [5.74, 6) is 0.661. The number of hydrogen-bond donors (Lipinski definition) is 0. The monoisotopic (exact) mass is 411 g/mol. The predicted octanol–water partition coefficient (Wildman–Crippen LogP) is 3.72. The first-order valence-corrected chi connectivity index (χ1v) is 10.00. The molecule has 1 fully saturated rings. The van der Waals surface area contributed by atoms with Gasteiger partial charge in [-0.1, -0.05) is 17.3 Å². The number of rotatable bonds is 5. The molecule has 1 aliphatic heterocycles. The highest BCUT2D eigenvalue weighted by Gasteiger charge is 2.29. The number of benzene rings is 1. The van der Waals surface area contributed by atoms with E-state index in [1.807, 2.05) is 64.5 Å². The first kappa shape index (κ1) is 21.5. The van der Waals surface area contributed by atoms with Gasteiger partial charge in [0.15, 0.2) is 0 Å². The second-order valence-corrected chi connectivity index (χ2v) is 8.43. The van der Waals surface area contributed by atoms with Gasteiger partial charge in [-0.2, -0.15) is 5.10 Å². The standard InChI is InChI=1S/C22H29N5O3/c1-22(2,3)29-21(28)27-11-10-16(14-27)12-24-20(30-23-4)18-8-6-17(7-9-18)19-13-25-26(5)15-19/h6-9,13,15-16H,4,10-12,14H2,1-3,5H3. The molecule has 30 heavy (non-hydrogen) atoms. The van der Waals surface area contributed by atoms with Crippen molar-refractivity contribution in [2.75, 3.05) is 19.6 Å². The zero-order valence-electron chi connectivity index (χ0n) is 18.0. The molecule has 2 aromatic rings. The molecular formula is C22H29N5O3. The molecule has 1 unspecified atom stereocenters. The van der Waals surface area contributed by atoms with Crippen molar-refractivity contribution in [3.8, 4) is 11.1 Å². The lowest BCUT2D eigenvalue weighted by molar-refractivity contribution is 0.0289. The summed E-state index contributed by atoms with van der Waals surface area (Å²) in [5.41, 5.74) is 2.42. The van der Waals surface area contributed by atoms with Crippen molar-refractivity contribution in [1.29, 1.82) is 0 Å². The molecule has 1 saturated heterocycles. The van der Waals surface area contributed by atoms with Gasteiger partial charge < -0.3 is 14.5 Å². The Hall–Kier alpha value is -3.16. The summed E-state index contributed by atoms with van der Waals surface area (Å²) in [7, 11) is 1.89. The number of aryl methyl sites for hydroxylation is 1. The Morgan fingerprint density at radius 1 is 1.27 bits per heavy atom. The Kier molecular flexibility index (Phi) is 6.54. The number of likely N-dealkylation sites (tertiary alicyclic amines) is 1. The van der Waals surface area contributed by atoms with E-state index in [4.69, 9.17) is 9.57 Å². The van der Waals surface area contributed by atoms with Crippen LogP contribution in [-0.2, 0) is 16.6 Å². The van der Waals surface area contributed by atoms with Crippen LogP contribution in [0.5, 0.6) is 0 Å². The van der Waals surface area contributed by atoms with E-state index in [2.05, 4.69) is 22.0 Å². The third-order valence-electron chi connectivity index (χ3n) is 4.75. The summed E-state index contributed by atoms with van der Waals surface area (Å²) < 4.78 is 7.22. The number of amides is 1. The normalized spacial score (nSPS) is 17.1. The molecule has 0 aliphatic carbocycles. The molecule has 0 N–H and O–H groups in total. The number of aromatic nitrogens is 2. The van der Waals surface area contributed by atoms with E-state index in [1.54, 1.807) is 9.58 Å². The van der Waals surface area contributed by atoms with Gasteiger partial charge in [0.1, 0.15) is 5.60 Å². The topological polar surface area (TPSA) is 81.3 Å². The fourth-order valence-corrected chi connectivity index (χ4v) is 3.30. The Morgan fingerprint density at radius 3 is 2.60 bits per heavy atom. The number of nitrogens with zero attached hydrogens (tertiary/aromatic N) is 5. The second-order valence-electron chi connectivity index (χ2n) is 8.43. The van der Waals surface area contributed by atoms with Crippen LogP contribution in [0.4, 0.5) is 4.79 Å². The molecule has 1 aliphatic rings. The van der Waals surface area contributed by atoms with Crippen molar-refractivity contribution in [3.05, 3.63) is 42.2 Å². The largest absolute Gasteiger partial charge is 0.444 e. The van der Waals surface area contributed by atoms with E-state index in [0.717, 1.165) is 23.1 Å².